The number of aryl methyl sites for hydroxylation is 2. The fraction of sp³-hybridized carbons (Fsp3) is 0.412. The lowest BCUT2D eigenvalue weighted by atomic mass is 9.77. The minimum Gasteiger partial charge on any atom is -0.478 e. The summed E-state index contributed by atoms with van der Waals surface area (Å²) in [6.45, 7) is 7.41. The van der Waals surface area contributed by atoms with Crippen molar-refractivity contribution in [3.63, 3.8) is 0 Å². The third kappa shape index (κ3) is 11.8. The van der Waals surface area contributed by atoms with Crippen LogP contribution < -0.4 is 5.32 Å². The summed E-state index contributed by atoms with van der Waals surface area (Å²) in [5, 5.41) is 30.0. The molecule has 0 atom stereocenters. The molecule has 61 heavy (non-hydrogen) atoms. The number of aldehydes is 2. The van der Waals surface area contributed by atoms with E-state index < -0.39 is 5.97 Å². The number of likely N-dealkylation sites (tertiary alicyclic amines) is 1. The maximum Gasteiger partial charge on any atom is 0.335 e. The highest BCUT2D eigenvalue weighted by Gasteiger charge is 2.28. The monoisotopic (exact) mass is 842 g/mol. The smallest absolute Gasteiger partial charge is 0.335 e. The zero-order valence-electron chi connectivity index (χ0n) is 34.6. The Labute approximate surface area is 367 Å². The summed E-state index contributed by atoms with van der Waals surface area (Å²) in [7, 11) is 0. The first kappa shape index (κ1) is 48.1. The summed E-state index contributed by atoms with van der Waals surface area (Å²) in [6, 6.07) is 27.3. The number of nitrogens with zero attached hydrogens (tertiary/aromatic N) is 3. The van der Waals surface area contributed by atoms with Gasteiger partial charge in [0.2, 0.25) is 0 Å². The Morgan fingerprint density at radius 3 is 1.43 bits per heavy atom. The molecule has 0 spiro atoms. The third-order valence-corrected chi connectivity index (χ3v) is 12.8. The molecule has 4 aromatic rings. The number of carbonyl (C=O) groups excluding carboxylic acids is 3. The quantitative estimate of drug-likeness (QED) is 0.166. The van der Waals surface area contributed by atoms with Gasteiger partial charge in [-0.2, -0.15) is 10.5 Å². The molecule has 2 aliphatic carbocycles. The number of halogens is 1. The van der Waals surface area contributed by atoms with E-state index in [4.69, 9.17) is 15.6 Å². The number of nitrogens with one attached hydrogen (secondary N) is 1. The minimum atomic E-state index is -0.972. The number of benzene rings is 4. The van der Waals surface area contributed by atoms with Crippen molar-refractivity contribution >= 4 is 36.9 Å². The molecule has 320 valence electrons. The van der Waals surface area contributed by atoms with Gasteiger partial charge in [0.05, 0.1) is 28.8 Å². The Morgan fingerprint density at radius 1 is 0.639 bits per heavy atom. The molecule has 2 saturated heterocycles. The van der Waals surface area contributed by atoms with Crippen LogP contribution in [-0.2, 0) is 0 Å². The summed E-state index contributed by atoms with van der Waals surface area (Å²) in [5.41, 5.74) is 9.98. The summed E-state index contributed by atoms with van der Waals surface area (Å²) in [5.74, 6) is 1.08. The first-order valence-corrected chi connectivity index (χ1v) is 21.1. The minimum absolute atomic E-state index is 0. The molecule has 8 rings (SSSR count). The fourth-order valence-corrected chi connectivity index (χ4v) is 8.71. The number of carboxylic acid groups (broad SMARTS) is 1. The lowest BCUT2D eigenvalue weighted by Gasteiger charge is -2.33. The van der Waals surface area contributed by atoms with Crippen molar-refractivity contribution in [3.05, 3.63) is 140 Å². The molecule has 0 bridgehead atoms. The van der Waals surface area contributed by atoms with Crippen molar-refractivity contribution < 1.29 is 24.3 Å². The van der Waals surface area contributed by atoms with Crippen LogP contribution >= 0.6 is 12.4 Å². The van der Waals surface area contributed by atoms with E-state index in [2.05, 4.69) is 35.7 Å². The van der Waals surface area contributed by atoms with Crippen LogP contribution in [-0.4, -0.2) is 60.6 Å². The van der Waals surface area contributed by atoms with Crippen molar-refractivity contribution in [1.29, 1.82) is 10.5 Å². The summed E-state index contributed by atoms with van der Waals surface area (Å²) in [6.07, 6.45) is 12.8. The standard InChI is InChI=1S/C25H26N2O2.C13H14O3.C12H14N2.CH4.ClH/c1-17-13-24(21-3-2-4-21)22(16-28)14-23(17)25(29)27-11-9-20(10-12-27)19-7-5-18(15-26)6-8-19;1-8-5-12(9-3-2-4-9)10(7-14)6-11(8)13(15)16;13-9-10-1-3-11(4-2-10)12-5-7-14-8-6-12;;/h5-8,13-14,16,20-21H,2-4,9-12H2,1H3;5-7,9H,2-4H2,1H3,(H,15,16);1-4,12,14H,5-8H2;1H4;1H. The van der Waals surface area contributed by atoms with Crippen LogP contribution in [0.15, 0.2) is 72.8 Å². The van der Waals surface area contributed by atoms with E-state index in [0.717, 1.165) is 92.0 Å². The highest BCUT2D eigenvalue weighted by atomic mass is 35.5. The number of hydrogen-bond acceptors (Lipinski definition) is 7. The Bertz CT molecular complexity index is 2220. The lowest BCUT2D eigenvalue weighted by molar-refractivity contribution is 0.0691. The Kier molecular flexibility index (Phi) is 18.0. The molecular weight excluding hydrogens is 784 g/mol. The molecule has 0 aromatic heterocycles. The predicted octanol–water partition coefficient (Wildman–Crippen LogP) is 10.8. The normalized spacial score (nSPS) is 16.4. The molecule has 4 fully saturated rings. The number of hydrogen-bond donors (Lipinski definition) is 2. The van der Waals surface area contributed by atoms with E-state index in [1.807, 2.05) is 60.4 Å². The van der Waals surface area contributed by atoms with E-state index in [-0.39, 0.29) is 31.3 Å². The summed E-state index contributed by atoms with van der Waals surface area (Å²) in [4.78, 5) is 48.6. The molecule has 4 aromatic carbocycles. The number of rotatable bonds is 8. The largest absolute Gasteiger partial charge is 0.478 e. The van der Waals surface area contributed by atoms with Crippen LogP contribution in [0.3, 0.4) is 0 Å². The number of amides is 1. The first-order valence-electron chi connectivity index (χ1n) is 21.1. The molecule has 2 aliphatic heterocycles. The molecule has 4 aliphatic rings. The SMILES string of the molecule is C.Cc1cc(C2CCC2)c(C=O)cc1C(=O)N1CCC(c2ccc(C#N)cc2)CC1.Cc1cc(C2CCC2)c(C=O)cc1C(=O)O.Cl.N#Cc1ccc(C2CCNCC2)cc1. The second-order valence-electron chi connectivity index (χ2n) is 16.4. The molecule has 1 amide bonds. The zero-order chi connectivity index (χ0) is 41.9. The van der Waals surface area contributed by atoms with Gasteiger partial charge in [0, 0.05) is 29.8 Å². The molecular formula is C51H59ClN4O5. The van der Waals surface area contributed by atoms with Gasteiger partial charge < -0.3 is 15.3 Å². The van der Waals surface area contributed by atoms with Crippen molar-refractivity contribution in [2.45, 2.75) is 109 Å². The highest BCUT2D eigenvalue weighted by molar-refractivity contribution is 5.98. The van der Waals surface area contributed by atoms with Crippen molar-refractivity contribution in [1.82, 2.24) is 10.2 Å². The third-order valence-electron chi connectivity index (χ3n) is 12.8. The molecule has 2 heterocycles. The molecule has 2 N–H and O–H groups in total. The molecule has 2 saturated carbocycles. The van der Waals surface area contributed by atoms with Crippen LogP contribution in [0.5, 0.6) is 0 Å². The molecule has 9 nitrogen and oxygen atoms in total. The van der Waals surface area contributed by atoms with Gasteiger partial charge in [0.25, 0.3) is 5.91 Å². The van der Waals surface area contributed by atoms with Crippen molar-refractivity contribution in [2.24, 2.45) is 0 Å². The van der Waals surface area contributed by atoms with E-state index in [1.54, 1.807) is 6.92 Å². The van der Waals surface area contributed by atoms with E-state index in [1.165, 1.54) is 42.9 Å². The second kappa shape index (κ2) is 22.8. The van der Waals surface area contributed by atoms with Crippen LogP contribution in [0.25, 0.3) is 0 Å². The first-order chi connectivity index (χ1) is 28.6. The van der Waals surface area contributed by atoms with Gasteiger partial charge in [-0.05, 0) is 172 Å². The summed E-state index contributed by atoms with van der Waals surface area (Å²) < 4.78 is 0. The van der Waals surface area contributed by atoms with Crippen LogP contribution in [0.2, 0.25) is 0 Å². The fourth-order valence-electron chi connectivity index (χ4n) is 8.71. The van der Waals surface area contributed by atoms with Crippen molar-refractivity contribution in [3.8, 4) is 12.1 Å². The van der Waals surface area contributed by atoms with E-state index >= 15 is 0 Å². The average Bonchev–Trinajstić information content (AvgIpc) is 3.23. The van der Waals surface area contributed by atoms with E-state index in [0.29, 0.717) is 59.0 Å². The molecule has 0 radical (unpaired) electrons. The Balaban J connectivity index is 0.000000217. The van der Waals surface area contributed by atoms with Gasteiger partial charge in [-0.1, -0.05) is 56.7 Å². The number of aromatic carboxylic acids is 1. The van der Waals surface area contributed by atoms with Crippen LogP contribution in [0, 0.1) is 36.5 Å². The van der Waals surface area contributed by atoms with Gasteiger partial charge in [0.15, 0.2) is 0 Å². The molecule has 10 heteroatoms. The predicted molar refractivity (Wildman–Crippen MR) is 242 cm³/mol. The van der Waals surface area contributed by atoms with Gasteiger partial charge in [0.1, 0.15) is 12.6 Å². The lowest BCUT2D eigenvalue weighted by Crippen LogP contribution is -2.38. The van der Waals surface area contributed by atoms with Crippen LogP contribution in [0.1, 0.15) is 181 Å². The Morgan fingerprint density at radius 2 is 1.05 bits per heavy atom. The van der Waals surface area contributed by atoms with E-state index in [9.17, 15) is 19.2 Å². The number of nitriles is 2. The second-order valence-corrected chi connectivity index (χ2v) is 16.4. The Hall–Kier alpha value is -5.61. The maximum atomic E-state index is 13.2. The van der Waals surface area contributed by atoms with Gasteiger partial charge in [-0.15, -0.1) is 12.4 Å². The number of piperidine rings is 2. The number of carboxylic acids is 1. The highest BCUT2D eigenvalue weighted by Crippen LogP contribution is 2.40. The average molecular weight is 844 g/mol. The zero-order valence-corrected chi connectivity index (χ0v) is 35.4. The van der Waals surface area contributed by atoms with Crippen LogP contribution in [0.4, 0.5) is 0 Å². The maximum absolute atomic E-state index is 13.2. The van der Waals surface area contributed by atoms with Gasteiger partial charge >= 0.3 is 5.97 Å². The van der Waals surface area contributed by atoms with Gasteiger partial charge in [-0.25, -0.2) is 4.79 Å². The summed E-state index contributed by atoms with van der Waals surface area (Å²) >= 11 is 0. The topological polar surface area (TPSA) is 151 Å². The molecule has 0 unspecified atom stereocenters. The van der Waals surface area contributed by atoms with Crippen molar-refractivity contribution in [2.75, 3.05) is 26.2 Å². The van der Waals surface area contributed by atoms with Gasteiger partial charge in [-0.3, -0.25) is 14.4 Å². The number of carbonyl (C=O) groups is 4.